The zero-order valence-electron chi connectivity index (χ0n) is 18.4. The second kappa shape index (κ2) is 10.5. The summed E-state index contributed by atoms with van der Waals surface area (Å²) in [5.41, 5.74) is 2.17. The number of benzene rings is 2. The Labute approximate surface area is 195 Å². The van der Waals surface area contributed by atoms with Crippen LogP contribution in [0.1, 0.15) is 38.8 Å². The number of nitrogens with one attached hydrogen (secondary N) is 1. The van der Waals surface area contributed by atoms with E-state index in [0.717, 1.165) is 10.0 Å². The second-order valence-corrected chi connectivity index (χ2v) is 8.42. The summed E-state index contributed by atoms with van der Waals surface area (Å²) in [6.07, 6.45) is 1.64. The van der Waals surface area contributed by atoms with Crippen molar-refractivity contribution >= 4 is 45.5 Å². The molecule has 1 amide bonds. The minimum Gasteiger partial charge on any atom is -0.490 e. The van der Waals surface area contributed by atoms with Gasteiger partial charge in [0.1, 0.15) is 0 Å². The molecule has 7 nitrogen and oxygen atoms in total. The maximum atomic E-state index is 12.4. The molecule has 0 saturated heterocycles. The summed E-state index contributed by atoms with van der Waals surface area (Å²) >= 11 is 3.54. The fourth-order valence-electron chi connectivity index (χ4n) is 2.91. The van der Waals surface area contributed by atoms with Crippen molar-refractivity contribution < 1.29 is 23.8 Å². The molecule has 3 rings (SSSR count). The van der Waals surface area contributed by atoms with Gasteiger partial charge in [0, 0.05) is 18.2 Å². The Morgan fingerprint density at radius 3 is 2.56 bits per heavy atom. The number of hydrogen-bond donors (Lipinski definition) is 1. The Kier molecular flexibility index (Phi) is 7.69. The highest BCUT2D eigenvalue weighted by Gasteiger charge is 2.24. The Hall–Kier alpha value is -3.13. The van der Waals surface area contributed by atoms with Crippen LogP contribution in [0.2, 0.25) is 0 Å². The number of rotatable bonds is 8. The number of cyclic esters (lactones) is 1. The number of esters is 1. The van der Waals surface area contributed by atoms with E-state index in [-0.39, 0.29) is 17.5 Å². The van der Waals surface area contributed by atoms with Gasteiger partial charge in [0.2, 0.25) is 11.8 Å². The highest BCUT2D eigenvalue weighted by Crippen LogP contribution is 2.38. The van der Waals surface area contributed by atoms with E-state index < -0.39 is 5.97 Å². The van der Waals surface area contributed by atoms with E-state index in [1.807, 2.05) is 13.0 Å². The van der Waals surface area contributed by atoms with Gasteiger partial charge in [0.05, 0.1) is 17.7 Å². The van der Waals surface area contributed by atoms with Crippen LogP contribution in [-0.4, -0.2) is 31.0 Å². The number of hydrogen-bond acceptors (Lipinski definition) is 6. The Bertz CT molecular complexity index is 1070. The predicted octanol–water partition coefficient (Wildman–Crippen LogP) is 5.19. The topological polar surface area (TPSA) is 86.2 Å². The van der Waals surface area contributed by atoms with E-state index in [9.17, 15) is 9.59 Å². The number of anilines is 1. The van der Waals surface area contributed by atoms with Gasteiger partial charge in [-0.25, -0.2) is 9.79 Å². The SMILES string of the molecule is CCOc1cc(/C=C2\N=C(c3ccc(NC(C)=O)cc3)OC2=O)cc(Br)c1OCC(C)C. The lowest BCUT2D eigenvalue weighted by atomic mass is 10.1. The average Bonchev–Trinajstić information content (AvgIpc) is 3.08. The van der Waals surface area contributed by atoms with Gasteiger partial charge in [-0.2, -0.15) is 0 Å². The quantitative estimate of drug-likeness (QED) is 0.398. The van der Waals surface area contributed by atoms with Crippen molar-refractivity contribution in [1.29, 1.82) is 0 Å². The third-order valence-corrected chi connectivity index (χ3v) is 4.86. The van der Waals surface area contributed by atoms with Crippen LogP contribution in [0.4, 0.5) is 5.69 Å². The van der Waals surface area contributed by atoms with E-state index in [1.54, 1.807) is 36.4 Å². The van der Waals surface area contributed by atoms with Gasteiger partial charge in [0.25, 0.3) is 0 Å². The summed E-state index contributed by atoms with van der Waals surface area (Å²) in [7, 11) is 0. The van der Waals surface area contributed by atoms with Crippen molar-refractivity contribution in [3.05, 3.63) is 57.7 Å². The largest absolute Gasteiger partial charge is 0.490 e. The van der Waals surface area contributed by atoms with Crippen LogP contribution in [0.15, 0.2) is 51.6 Å². The zero-order chi connectivity index (χ0) is 23.3. The molecule has 0 bridgehead atoms. The molecule has 168 valence electrons. The molecule has 0 spiro atoms. The molecule has 0 fully saturated rings. The minimum absolute atomic E-state index is 0.161. The van der Waals surface area contributed by atoms with Crippen LogP contribution in [-0.2, 0) is 14.3 Å². The van der Waals surface area contributed by atoms with Crippen LogP contribution in [0.3, 0.4) is 0 Å². The standard InChI is InChI=1S/C24H25BrN2O5/c1-5-30-21-12-16(10-19(25)22(21)31-13-14(2)3)11-20-24(29)32-23(27-20)17-6-8-18(9-7-17)26-15(4)28/h6-12,14H,5,13H2,1-4H3,(H,26,28)/b20-11-. The first-order valence-corrected chi connectivity index (χ1v) is 11.1. The number of amides is 1. The Morgan fingerprint density at radius 1 is 1.22 bits per heavy atom. The summed E-state index contributed by atoms with van der Waals surface area (Å²) in [5, 5.41) is 2.69. The molecule has 0 radical (unpaired) electrons. The maximum absolute atomic E-state index is 12.4. The summed E-state index contributed by atoms with van der Waals surface area (Å²) < 4.78 is 17.7. The van der Waals surface area contributed by atoms with Gasteiger partial charge < -0.3 is 19.5 Å². The molecule has 1 N–H and O–H groups in total. The molecule has 32 heavy (non-hydrogen) atoms. The number of aliphatic imine (C=N–C) groups is 1. The molecular weight excluding hydrogens is 476 g/mol. The number of halogens is 1. The van der Waals surface area contributed by atoms with Crippen LogP contribution in [0.5, 0.6) is 11.5 Å². The molecular formula is C24H25BrN2O5. The predicted molar refractivity (Wildman–Crippen MR) is 127 cm³/mol. The molecule has 0 atom stereocenters. The summed E-state index contributed by atoms with van der Waals surface area (Å²) in [6.45, 7) is 8.51. The first kappa shape index (κ1) is 23.5. The smallest absolute Gasteiger partial charge is 0.363 e. The van der Waals surface area contributed by atoms with E-state index in [1.165, 1.54) is 6.92 Å². The molecule has 2 aromatic rings. The Balaban J connectivity index is 1.87. The summed E-state index contributed by atoms with van der Waals surface area (Å²) in [4.78, 5) is 27.9. The van der Waals surface area contributed by atoms with Crippen molar-refractivity contribution in [1.82, 2.24) is 0 Å². The first-order valence-electron chi connectivity index (χ1n) is 10.3. The van der Waals surface area contributed by atoms with Crippen molar-refractivity contribution in [2.75, 3.05) is 18.5 Å². The zero-order valence-corrected chi connectivity index (χ0v) is 20.0. The third-order valence-electron chi connectivity index (χ3n) is 4.27. The lowest BCUT2D eigenvalue weighted by Crippen LogP contribution is -2.07. The van der Waals surface area contributed by atoms with Crippen molar-refractivity contribution in [3.8, 4) is 11.5 Å². The lowest BCUT2D eigenvalue weighted by molar-refractivity contribution is -0.129. The molecule has 1 heterocycles. The van der Waals surface area contributed by atoms with Crippen LogP contribution in [0.25, 0.3) is 6.08 Å². The maximum Gasteiger partial charge on any atom is 0.363 e. The summed E-state index contributed by atoms with van der Waals surface area (Å²) in [5.74, 6) is 1.08. The first-order chi connectivity index (χ1) is 15.3. The molecule has 1 aliphatic rings. The van der Waals surface area contributed by atoms with Crippen molar-refractivity contribution in [2.45, 2.75) is 27.7 Å². The number of carbonyl (C=O) groups is 2. The van der Waals surface area contributed by atoms with Gasteiger partial charge in [-0.1, -0.05) is 13.8 Å². The minimum atomic E-state index is -0.542. The van der Waals surface area contributed by atoms with Crippen molar-refractivity contribution in [2.24, 2.45) is 10.9 Å². The highest BCUT2D eigenvalue weighted by atomic mass is 79.9. The highest BCUT2D eigenvalue weighted by molar-refractivity contribution is 9.10. The number of nitrogens with zero attached hydrogens (tertiary/aromatic N) is 1. The van der Waals surface area contributed by atoms with Gasteiger partial charge in [0.15, 0.2) is 17.2 Å². The molecule has 0 aliphatic carbocycles. The van der Waals surface area contributed by atoms with Crippen LogP contribution in [0, 0.1) is 5.92 Å². The van der Waals surface area contributed by atoms with Gasteiger partial charge in [-0.15, -0.1) is 0 Å². The van der Waals surface area contributed by atoms with E-state index in [2.05, 4.69) is 40.1 Å². The lowest BCUT2D eigenvalue weighted by Gasteiger charge is -2.16. The molecule has 0 unspecified atom stereocenters. The van der Waals surface area contributed by atoms with Crippen molar-refractivity contribution in [3.63, 3.8) is 0 Å². The number of carbonyl (C=O) groups excluding carboxylic acids is 2. The molecule has 0 aromatic heterocycles. The fourth-order valence-corrected chi connectivity index (χ4v) is 3.49. The van der Waals surface area contributed by atoms with Crippen LogP contribution >= 0.6 is 15.9 Å². The molecule has 8 heteroatoms. The fraction of sp³-hybridized carbons (Fsp3) is 0.292. The number of ether oxygens (including phenoxy) is 3. The van der Waals surface area contributed by atoms with E-state index >= 15 is 0 Å². The second-order valence-electron chi connectivity index (χ2n) is 7.56. The monoisotopic (exact) mass is 500 g/mol. The van der Waals surface area contributed by atoms with Gasteiger partial charge in [-0.05, 0) is 76.8 Å². The van der Waals surface area contributed by atoms with E-state index in [0.29, 0.717) is 41.9 Å². The van der Waals surface area contributed by atoms with Crippen LogP contribution < -0.4 is 14.8 Å². The molecule has 0 saturated carbocycles. The molecule has 2 aromatic carbocycles. The van der Waals surface area contributed by atoms with Gasteiger partial charge in [-0.3, -0.25) is 4.79 Å². The van der Waals surface area contributed by atoms with Gasteiger partial charge >= 0.3 is 5.97 Å². The Morgan fingerprint density at radius 2 is 1.94 bits per heavy atom. The normalized spacial score (nSPS) is 14.4. The molecule has 1 aliphatic heterocycles. The third kappa shape index (κ3) is 5.97. The average molecular weight is 501 g/mol. The van der Waals surface area contributed by atoms with E-state index in [4.69, 9.17) is 14.2 Å². The summed E-state index contributed by atoms with van der Waals surface area (Å²) in [6, 6.07) is 10.5.